The highest BCUT2D eigenvalue weighted by Crippen LogP contribution is 2.36. The SMILES string of the molecule is Cc1cc(N)c2c(c1)NC(=O)[C@@H](C)O2. The number of carbonyl (C=O) groups is 1. The van der Waals surface area contributed by atoms with E-state index in [1.807, 2.05) is 19.1 Å². The van der Waals surface area contributed by atoms with Gasteiger partial charge in [0.2, 0.25) is 0 Å². The first-order chi connectivity index (χ1) is 6.58. The van der Waals surface area contributed by atoms with Gasteiger partial charge >= 0.3 is 0 Å². The fourth-order valence-electron chi connectivity index (χ4n) is 1.49. The van der Waals surface area contributed by atoms with Crippen LogP contribution in [0.15, 0.2) is 12.1 Å². The predicted molar refractivity (Wildman–Crippen MR) is 54.3 cm³/mol. The molecule has 0 saturated carbocycles. The molecule has 0 spiro atoms. The van der Waals surface area contributed by atoms with E-state index in [1.54, 1.807) is 6.92 Å². The van der Waals surface area contributed by atoms with E-state index in [2.05, 4.69) is 5.32 Å². The lowest BCUT2D eigenvalue weighted by molar-refractivity contribution is -0.122. The third-order valence-electron chi connectivity index (χ3n) is 2.18. The van der Waals surface area contributed by atoms with Gasteiger partial charge in [-0.15, -0.1) is 0 Å². The van der Waals surface area contributed by atoms with Crippen molar-refractivity contribution in [3.8, 4) is 5.75 Å². The number of amides is 1. The summed E-state index contributed by atoms with van der Waals surface area (Å²) in [6.07, 6.45) is -0.479. The highest BCUT2D eigenvalue weighted by Gasteiger charge is 2.25. The molecule has 0 unspecified atom stereocenters. The van der Waals surface area contributed by atoms with Crippen LogP contribution >= 0.6 is 0 Å². The Balaban J connectivity index is 2.51. The monoisotopic (exact) mass is 192 g/mol. The Labute approximate surface area is 82.1 Å². The van der Waals surface area contributed by atoms with Crippen molar-refractivity contribution in [3.05, 3.63) is 17.7 Å². The maximum atomic E-state index is 11.3. The molecule has 0 bridgehead atoms. The number of fused-ring (bicyclic) bond motifs is 1. The summed E-state index contributed by atoms with van der Waals surface area (Å²) in [5, 5.41) is 2.75. The number of rotatable bonds is 0. The number of nitrogens with two attached hydrogens (primary N) is 1. The molecule has 2 rings (SSSR count). The summed E-state index contributed by atoms with van der Waals surface area (Å²) in [7, 11) is 0. The maximum absolute atomic E-state index is 11.3. The first-order valence-corrected chi connectivity index (χ1v) is 4.45. The Morgan fingerprint density at radius 3 is 2.93 bits per heavy atom. The van der Waals surface area contributed by atoms with Crippen molar-refractivity contribution in [3.63, 3.8) is 0 Å². The second-order valence-electron chi connectivity index (χ2n) is 3.48. The molecule has 1 atom stereocenters. The van der Waals surface area contributed by atoms with Gasteiger partial charge in [0, 0.05) is 0 Å². The van der Waals surface area contributed by atoms with Crippen LogP contribution in [0.4, 0.5) is 11.4 Å². The average Bonchev–Trinajstić information content (AvgIpc) is 2.08. The Kier molecular flexibility index (Phi) is 1.84. The Bertz CT molecular complexity index is 401. The van der Waals surface area contributed by atoms with Crippen LogP contribution in [-0.4, -0.2) is 12.0 Å². The van der Waals surface area contributed by atoms with Gasteiger partial charge in [0.05, 0.1) is 11.4 Å². The summed E-state index contributed by atoms with van der Waals surface area (Å²) < 4.78 is 5.39. The molecule has 0 fully saturated rings. The third-order valence-corrected chi connectivity index (χ3v) is 2.18. The van der Waals surface area contributed by atoms with Gasteiger partial charge in [-0.2, -0.15) is 0 Å². The largest absolute Gasteiger partial charge is 0.477 e. The molecule has 0 saturated heterocycles. The number of carbonyl (C=O) groups excluding carboxylic acids is 1. The number of nitrogen functional groups attached to an aromatic ring is 1. The van der Waals surface area contributed by atoms with E-state index >= 15 is 0 Å². The molecule has 1 aliphatic rings. The molecule has 4 heteroatoms. The zero-order valence-electron chi connectivity index (χ0n) is 8.13. The number of anilines is 2. The summed E-state index contributed by atoms with van der Waals surface area (Å²) in [5.74, 6) is 0.435. The minimum absolute atomic E-state index is 0.137. The van der Waals surface area contributed by atoms with Gasteiger partial charge in [0.25, 0.3) is 5.91 Å². The second-order valence-corrected chi connectivity index (χ2v) is 3.48. The number of ether oxygens (including phenoxy) is 1. The maximum Gasteiger partial charge on any atom is 0.265 e. The van der Waals surface area contributed by atoms with Crippen molar-refractivity contribution in [2.45, 2.75) is 20.0 Å². The van der Waals surface area contributed by atoms with E-state index < -0.39 is 6.10 Å². The molecule has 4 nitrogen and oxygen atoms in total. The quantitative estimate of drug-likeness (QED) is 0.609. The van der Waals surface area contributed by atoms with Crippen LogP contribution in [-0.2, 0) is 4.79 Å². The topological polar surface area (TPSA) is 64.3 Å². The van der Waals surface area contributed by atoms with E-state index in [0.717, 1.165) is 5.56 Å². The molecule has 1 aromatic rings. The highest BCUT2D eigenvalue weighted by molar-refractivity contribution is 5.99. The highest BCUT2D eigenvalue weighted by atomic mass is 16.5. The van der Waals surface area contributed by atoms with Gasteiger partial charge < -0.3 is 15.8 Å². The molecular formula is C10H12N2O2. The van der Waals surface area contributed by atoms with Gasteiger partial charge in [-0.05, 0) is 31.5 Å². The van der Waals surface area contributed by atoms with Crippen molar-refractivity contribution in [2.24, 2.45) is 0 Å². The average molecular weight is 192 g/mol. The minimum Gasteiger partial charge on any atom is -0.477 e. The minimum atomic E-state index is -0.479. The first kappa shape index (κ1) is 8.87. The molecular weight excluding hydrogens is 180 g/mol. The van der Waals surface area contributed by atoms with Crippen LogP contribution < -0.4 is 15.8 Å². The second kappa shape index (κ2) is 2.90. The molecule has 0 aromatic heterocycles. The van der Waals surface area contributed by atoms with Crippen LogP contribution in [0, 0.1) is 6.92 Å². The molecule has 0 radical (unpaired) electrons. The van der Waals surface area contributed by atoms with Gasteiger partial charge in [-0.1, -0.05) is 0 Å². The van der Waals surface area contributed by atoms with Crippen molar-refractivity contribution >= 4 is 17.3 Å². The van der Waals surface area contributed by atoms with Gasteiger partial charge in [0.15, 0.2) is 11.9 Å². The van der Waals surface area contributed by atoms with Gasteiger partial charge in [-0.25, -0.2) is 0 Å². The standard InChI is InChI=1S/C10H12N2O2/c1-5-3-7(11)9-8(4-5)12-10(13)6(2)14-9/h3-4,6H,11H2,1-2H3,(H,12,13)/t6-/m1/s1. The zero-order valence-corrected chi connectivity index (χ0v) is 8.13. The smallest absolute Gasteiger partial charge is 0.265 e. The molecule has 0 aliphatic carbocycles. The van der Waals surface area contributed by atoms with E-state index in [1.165, 1.54) is 0 Å². The summed E-state index contributed by atoms with van der Waals surface area (Å²) in [6.45, 7) is 3.61. The van der Waals surface area contributed by atoms with Crippen LogP contribution in [0.2, 0.25) is 0 Å². The van der Waals surface area contributed by atoms with Crippen LogP contribution in [0.5, 0.6) is 5.75 Å². The zero-order chi connectivity index (χ0) is 10.3. The number of hydrogen-bond donors (Lipinski definition) is 2. The molecule has 74 valence electrons. The number of aryl methyl sites for hydroxylation is 1. The van der Waals surface area contributed by atoms with E-state index in [-0.39, 0.29) is 5.91 Å². The number of nitrogens with one attached hydrogen (secondary N) is 1. The lowest BCUT2D eigenvalue weighted by Gasteiger charge is -2.24. The summed E-state index contributed by atoms with van der Waals surface area (Å²) in [6, 6.07) is 3.67. The van der Waals surface area contributed by atoms with E-state index in [4.69, 9.17) is 10.5 Å². The fourth-order valence-corrected chi connectivity index (χ4v) is 1.49. The number of benzene rings is 1. The van der Waals surface area contributed by atoms with Crippen molar-refractivity contribution in [1.82, 2.24) is 0 Å². The molecule has 1 amide bonds. The van der Waals surface area contributed by atoms with Crippen LogP contribution in [0.1, 0.15) is 12.5 Å². The van der Waals surface area contributed by atoms with E-state index in [9.17, 15) is 4.79 Å². The van der Waals surface area contributed by atoms with Gasteiger partial charge in [-0.3, -0.25) is 4.79 Å². The third kappa shape index (κ3) is 1.28. The molecule has 1 aromatic carbocycles. The summed E-state index contributed by atoms with van der Waals surface area (Å²) in [5.41, 5.74) is 7.99. The van der Waals surface area contributed by atoms with Crippen LogP contribution in [0.25, 0.3) is 0 Å². The Morgan fingerprint density at radius 1 is 1.50 bits per heavy atom. The van der Waals surface area contributed by atoms with Crippen LogP contribution in [0.3, 0.4) is 0 Å². The lowest BCUT2D eigenvalue weighted by atomic mass is 10.1. The van der Waals surface area contributed by atoms with Gasteiger partial charge in [0.1, 0.15) is 0 Å². The molecule has 3 N–H and O–H groups in total. The van der Waals surface area contributed by atoms with Crippen molar-refractivity contribution in [2.75, 3.05) is 11.1 Å². The Morgan fingerprint density at radius 2 is 2.21 bits per heavy atom. The molecule has 1 heterocycles. The fraction of sp³-hybridized carbons (Fsp3) is 0.300. The Hall–Kier alpha value is -1.71. The normalized spacial score (nSPS) is 19.6. The molecule has 14 heavy (non-hydrogen) atoms. The lowest BCUT2D eigenvalue weighted by Crippen LogP contribution is -2.34. The first-order valence-electron chi connectivity index (χ1n) is 4.45. The van der Waals surface area contributed by atoms with Crippen molar-refractivity contribution in [1.29, 1.82) is 0 Å². The number of hydrogen-bond acceptors (Lipinski definition) is 3. The van der Waals surface area contributed by atoms with Crippen molar-refractivity contribution < 1.29 is 9.53 Å². The summed E-state index contributed by atoms with van der Waals surface area (Å²) >= 11 is 0. The summed E-state index contributed by atoms with van der Waals surface area (Å²) in [4.78, 5) is 11.3. The predicted octanol–water partition coefficient (Wildman–Crippen LogP) is 1.30. The molecule has 1 aliphatic heterocycles. The van der Waals surface area contributed by atoms with E-state index in [0.29, 0.717) is 17.1 Å².